The standard InChI is InChI=1S/C23H26N2O2/c1-17(18-5-6-18)25(21-11-13-22(27-2)14-12-21)23(26)19-7-9-20(10-8-19)24-15-3-4-16-24/h3-4,7-14,17-18H,5-6,15-16H2,1-2H3. The molecule has 0 N–H and O–H groups in total. The van der Waals surface area contributed by atoms with Gasteiger partial charge >= 0.3 is 0 Å². The van der Waals surface area contributed by atoms with Gasteiger partial charge in [0.2, 0.25) is 0 Å². The molecule has 4 nitrogen and oxygen atoms in total. The van der Waals surface area contributed by atoms with E-state index in [-0.39, 0.29) is 11.9 Å². The lowest BCUT2D eigenvalue weighted by molar-refractivity contribution is 0.0975. The molecule has 0 aromatic heterocycles. The molecule has 1 aliphatic heterocycles. The minimum absolute atomic E-state index is 0.0608. The zero-order valence-corrected chi connectivity index (χ0v) is 16.0. The smallest absolute Gasteiger partial charge is 0.258 e. The third kappa shape index (κ3) is 3.70. The summed E-state index contributed by atoms with van der Waals surface area (Å²) in [4.78, 5) is 17.6. The van der Waals surface area contributed by atoms with Gasteiger partial charge in [-0.1, -0.05) is 12.2 Å². The molecule has 1 unspecified atom stereocenters. The van der Waals surface area contributed by atoms with Crippen molar-refractivity contribution in [1.29, 1.82) is 0 Å². The fraction of sp³-hybridized carbons (Fsp3) is 0.348. The molecular weight excluding hydrogens is 336 g/mol. The second-order valence-corrected chi connectivity index (χ2v) is 7.37. The first-order valence-corrected chi connectivity index (χ1v) is 9.65. The molecule has 4 rings (SSSR count). The number of methoxy groups -OCH3 is 1. The minimum atomic E-state index is 0.0608. The van der Waals surface area contributed by atoms with Crippen molar-refractivity contribution in [3.8, 4) is 5.75 Å². The van der Waals surface area contributed by atoms with Gasteiger partial charge in [0.15, 0.2) is 0 Å². The van der Waals surface area contributed by atoms with Crippen LogP contribution in [0.2, 0.25) is 0 Å². The van der Waals surface area contributed by atoms with Crippen LogP contribution in [0.1, 0.15) is 30.1 Å². The lowest BCUT2D eigenvalue weighted by Crippen LogP contribution is -2.40. The van der Waals surface area contributed by atoms with Crippen LogP contribution in [0, 0.1) is 5.92 Å². The summed E-state index contributed by atoms with van der Waals surface area (Å²) in [5, 5.41) is 0. The van der Waals surface area contributed by atoms with Gasteiger partial charge in [-0.15, -0.1) is 0 Å². The summed E-state index contributed by atoms with van der Waals surface area (Å²) < 4.78 is 5.26. The van der Waals surface area contributed by atoms with Crippen molar-refractivity contribution in [2.75, 3.05) is 30.0 Å². The Morgan fingerprint density at radius 1 is 1.04 bits per heavy atom. The second-order valence-electron chi connectivity index (χ2n) is 7.37. The summed E-state index contributed by atoms with van der Waals surface area (Å²) in [7, 11) is 1.65. The Morgan fingerprint density at radius 3 is 2.22 bits per heavy atom. The van der Waals surface area contributed by atoms with Gasteiger partial charge in [-0.2, -0.15) is 0 Å². The van der Waals surface area contributed by atoms with Gasteiger partial charge in [0.05, 0.1) is 7.11 Å². The Labute approximate surface area is 161 Å². The summed E-state index contributed by atoms with van der Waals surface area (Å²) in [6.07, 6.45) is 6.73. The third-order valence-electron chi connectivity index (χ3n) is 5.58. The molecule has 4 heteroatoms. The number of amides is 1. The summed E-state index contributed by atoms with van der Waals surface area (Å²) in [5.74, 6) is 1.45. The van der Waals surface area contributed by atoms with Crippen molar-refractivity contribution in [1.82, 2.24) is 0 Å². The molecule has 1 atom stereocenters. The van der Waals surface area contributed by atoms with E-state index in [9.17, 15) is 4.79 Å². The van der Waals surface area contributed by atoms with Crippen molar-refractivity contribution in [2.45, 2.75) is 25.8 Å². The Kier molecular flexibility index (Phi) is 4.88. The van der Waals surface area contributed by atoms with E-state index in [1.165, 1.54) is 12.8 Å². The molecule has 2 aromatic carbocycles. The van der Waals surface area contributed by atoms with Crippen molar-refractivity contribution in [3.63, 3.8) is 0 Å². The maximum absolute atomic E-state index is 13.4. The summed E-state index contributed by atoms with van der Waals surface area (Å²) in [5.41, 5.74) is 2.81. The molecule has 2 aromatic rings. The van der Waals surface area contributed by atoms with Gasteiger partial charge in [0.1, 0.15) is 5.75 Å². The second kappa shape index (κ2) is 7.47. The van der Waals surface area contributed by atoms with E-state index < -0.39 is 0 Å². The van der Waals surface area contributed by atoms with Gasteiger partial charge < -0.3 is 14.5 Å². The van der Waals surface area contributed by atoms with Crippen molar-refractivity contribution in [3.05, 3.63) is 66.2 Å². The third-order valence-corrected chi connectivity index (χ3v) is 5.58. The molecule has 0 bridgehead atoms. The SMILES string of the molecule is COc1ccc(N(C(=O)c2ccc(N3CC=CC3)cc2)C(C)C2CC2)cc1. The predicted octanol–water partition coefficient (Wildman–Crippen LogP) is 4.52. The molecule has 140 valence electrons. The van der Waals surface area contributed by atoms with E-state index in [0.29, 0.717) is 5.92 Å². The summed E-state index contributed by atoms with van der Waals surface area (Å²) in [6, 6.07) is 16.0. The Bertz CT molecular complexity index is 814. The van der Waals surface area contributed by atoms with E-state index in [1.54, 1.807) is 7.11 Å². The molecule has 27 heavy (non-hydrogen) atoms. The number of hydrogen-bond donors (Lipinski definition) is 0. The number of carbonyl (C=O) groups excluding carboxylic acids is 1. The average molecular weight is 362 g/mol. The maximum Gasteiger partial charge on any atom is 0.258 e. The lowest BCUT2D eigenvalue weighted by Gasteiger charge is -2.30. The molecule has 1 heterocycles. The van der Waals surface area contributed by atoms with Crippen molar-refractivity contribution in [2.24, 2.45) is 5.92 Å². The average Bonchev–Trinajstić information content (AvgIpc) is 3.43. The van der Waals surface area contributed by atoms with E-state index in [0.717, 1.165) is 35.8 Å². The van der Waals surface area contributed by atoms with Gasteiger partial charge in [-0.25, -0.2) is 0 Å². The number of benzene rings is 2. The van der Waals surface area contributed by atoms with Gasteiger partial charge in [-0.05, 0) is 74.2 Å². The highest BCUT2D eigenvalue weighted by Gasteiger charge is 2.35. The van der Waals surface area contributed by atoms with Gasteiger partial charge in [-0.3, -0.25) is 4.79 Å². The lowest BCUT2D eigenvalue weighted by atomic mass is 10.1. The molecule has 1 amide bonds. The quantitative estimate of drug-likeness (QED) is 0.709. The number of nitrogens with zero attached hydrogens (tertiary/aromatic N) is 2. The van der Waals surface area contributed by atoms with Crippen LogP contribution in [0.5, 0.6) is 5.75 Å². The van der Waals surface area contributed by atoms with Crippen LogP contribution in [0.3, 0.4) is 0 Å². The van der Waals surface area contributed by atoms with E-state index >= 15 is 0 Å². The van der Waals surface area contributed by atoms with Gasteiger partial charge in [0, 0.05) is 36.1 Å². The molecule has 0 spiro atoms. The molecule has 2 aliphatic rings. The van der Waals surface area contributed by atoms with Crippen molar-refractivity contribution >= 4 is 17.3 Å². The monoisotopic (exact) mass is 362 g/mol. The normalized spacial score (nSPS) is 17.0. The number of anilines is 2. The fourth-order valence-corrected chi connectivity index (χ4v) is 3.71. The maximum atomic E-state index is 13.4. The van der Waals surface area contributed by atoms with Crippen LogP contribution in [0.15, 0.2) is 60.7 Å². The first kappa shape index (κ1) is 17.7. The number of hydrogen-bond acceptors (Lipinski definition) is 3. The van der Waals surface area contributed by atoms with Gasteiger partial charge in [0.25, 0.3) is 5.91 Å². The van der Waals surface area contributed by atoms with Crippen LogP contribution in [-0.2, 0) is 0 Å². The summed E-state index contributed by atoms with van der Waals surface area (Å²) in [6.45, 7) is 4.03. The molecular formula is C23H26N2O2. The minimum Gasteiger partial charge on any atom is -0.497 e. The Balaban J connectivity index is 1.59. The zero-order valence-electron chi connectivity index (χ0n) is 16.0. The van der Waals surface area contributed by atoms with Crippen LogP contribution < -0.4 is 14.5 Å². The van der Waals surface area contributed by atoms with Crippen LogP contribution in [-0.4, -0.2) is 32.1 Å². The molecule has 0 radical (unpaired) electrons. The van der Waals surface area contributed by atoms with E-state index in [4.69, 9.17) is 4.74 Å². The topological polar surface area (TPSA) is 32.8 Å². The Morgan fingerprint density at radius 2 is 1.67 bits per heavy atom. The van der Waals surface area contributed by atoms with Crippen LogP contribution >= 0.6 is 0 Å². The van der Waals surface area contributed by atoms with E-state index in [1.807, 2.05) is 53.4 Å². The van der Waals surface area contributed by atoms with Crippen LogP contribution in [0.25, 0.3) is 0 Å². The van der Waals surface area contributed by atoms with Crippen LogP contribution in [0.4, 0.5) is 11.4 Å². The predicted molar refractivity (Wildman–Crippen MR) is 110 cm³/mol. The molecule has 0 saturated heterocycles. The number of carbonyl (C=O) groups is 1. The highest BCUT2D eigenvalue weighted by molar-refractivity contribution is 6.06. The molecule has 1 aliphatic carbocycles. The number of ether oxygens (including phenoxy) is 1. The number of rotatable bonds is 6. The molecule has 1 fully saturated rings. The fourth-order valence-electron chi connectivity index (χ4n) is 3.71. The first-order chi connectivity index (χ1) is 13.2. The van der Waals surface area contributed by atoms with E-state index in [2.05, 4.69) is 24.0 Å². The van der Waals surface area contributed by atoms with Crippen molar-refractivity contribution < 1.29 is 9.53 Å². The zero-order chi connectivity index (χ0) is 18.8. The largest absolute Gasteiger partial charge is 0.497 e. The highest BCUT2D eigenvalue weighted by Crippen LogP contribution is 2.38. The highest BCUT2D eigenvalue weighted by atomic mass is 16.5. The first-order valence-electron chi connectivity index (χ1n) is 9.65. The Hall–Kier alpha value is -2.75. The summed E-state index contributed by atoms with van der Waals surface area (Å²) >= 11 is 0. The molecule has 1 saturated carbocycles.